The molecule has 0 aromatic carbocycles. The van der Waals surface area contributed by atoms with Crippen molar-refractivity contribution >= 4 is 14.3 Å². The van der Waals surface area contributed by atoms with Crippen LogP contribution in [-0.4, -0.2) is 60.6 Å². The van der Waals surface area contributed by atoms with E-state index in [1.54, 1.807) is 0 Å². The van der Waals surface area contributed by atoms with E-state index in [9.17, 15) is 20.1 Å². The van der Waals surface area contributed by atoms with Crippen LogP contribution in [0.1, 0.15) is 33.6 Å². The quantitative estimate of drug-likeness (QED) is 0.526. The maximum atomic E-state index is 11.7. The first kappa shape index (κ1) is 18.6. The lowest BCUT2D eigenvalue weighted by Gasteiger charge is -2.46. The number of hydrogen-bond donors (Lipinski definition) is 3. The third-order valence-corrected chi connectivity index (χ3v) is 9.18. The van der Waals surface area contributed by atoms with Crippen molar-refractivity contribution in [3.05, 3.63) is 0 Å². The molecule has 0 aromatic heterocycles. The first-order chi connectivity index (χ1) is 9.34. The summed E-state index contributed by atoms with van der Waals surface area (Å²) in [5, 5.41) is 30.4. The molecule has 0 amide bonds. The second-order valence-electron chi connectivity index (χ2n) is 7.41. The molecule has 0 bridgehead atoms. The Labute approximate surface area is 127 Å². The molecule has 1 saturated carbocycles. The average molecular weight is 320 g/mol. The molecule has 124 valence electrons. The number of esters is 1. The number of aliphatic hydroxyl groups is 3. The number of methoxy groups -OCH3 is 1. The van der Waals surface area contributed by atoms with E-state index >= 15 is 0 Å². The summed E-state index contributed by atoms with van der Waals surface area (Å²) < 4.78 is 10.7. The van der Waals surface area contributed by atoms with E-state index in [-0.39, 0.29) is 17.9 Å². The van der Waals surface area contributed by atoms with Crippen LogP contribution in [0.4, 0.5) is 0 Å². The summed E-state index contributed by atoms with van der Waals surface area (Å²) in [6, 6.07) is 0. The van der Waals surface area contributed by atoms with Gasteiger partial charge in [-0.15, -0.1) is 0 Å². The fourth-order valence-corrected chi connectivity index (χ4v) is 3.61. The molecule has 0 spiro atoms. The van der Waals surface area contributed by atoms with Crippen LogP contribution in [0.15, 0.2) is 0 Å². The second-order valence-corrected chi connectivity index (χ2v) is 12.2. The number of aliphatic hydroxyl groups excluding tert-OH is 2. The van der Waals surface area contributed by atoms with Crippen molar-refractivity contribution in [2.24, 2.45) is 0 Å². The van der Waals surface area contributed by atoms with Gasteiger partial charge in [-0.3, -0.25) is 0 Å². The molecule has 0 unspecified atom stereocenters. The second kappa shape index (κ2) is 5.96. The van der Waals surface area contributed by atoms with Crippen LogP contribution >= 0.6 is 0 Å². The standard InChI is InChI=1S/C14H28O6Si/c1-13(2,3)21(5,6)20-10-8-14(18,12(17)19-4)7-9(15)11(10)16/h9-11,15-16,18H,7-8H2,1-6H3/t9-,10-,11-,14+/m1/s1. The van der Waals surface area contributed by atoms with Crippen molar-refractivity contribution in [2.45, 2.75) is 75.7 Å². The third-order valence-electron chi connectivity index (χ3n) is 4.68. The zero-order valence-corrected chi connectivity index (χ0v) is 14.7. The van der Waals surface area contributed by atoms with Gasteiger partial charge in [0.25, 0.3) is 0 Å². The van der Waals surface area contributed by atoms with E-state index < -0.39 is 38.2 Å². The SMILES string of the molecule is COC(=O)[C@]1(O)C[C@@H](O)[C@@H](O)[C@H](O[Si](C)(C)C(C)(C)C)C1. The number of rotatable bonds is 3. The molecule has 3 N–H and O–H groups in total. The highest BCUT2D eigenvalue weighted by Crippen LogP contribution is 2.40. The molecule has 0 radical (unpaired) electrons. The fourth-order valence-electron chi connectivity index (χ4n) is 2.27. The molecule has 0 heterocycles. The summed E-state index contributed by atoms with van der Waals surface area (Å²) >= 11 is 0. The van der Waals surface area contributed by atoms with Crippen LogP contribution in [-0.2, 0) is 14.0 Å². The Bertz CT molecular complexity index is 391. The Kier molecular flexibility index (Phi) is 5.27. The Balaban J connectivity index is 2.97. The number of carbonyl (C=O) groups excluding carboxylic acids is 1. The van der Waals surface area contributed by atoms with E-state index in [1.165, 1.54) is 7.11 Å². The summed E-state index contributed by atoms with van der Waals surface area (Å²) in [5.74, 6) is -0.808. The maximum absolute atomic E-state index is 11.7. The Morgan fingerprint density at radius 1 is 1.24 bits per heavy atom. The molecular weight excluding hydrogens is 292 g/mol. The topological polar surface area (TPSA) is 96.2 Å². The van der Waals surface area contributed by atoms with Crippen molar-refractivity contribution in [3.8, 4) is 0 Å². The zero-order valence-electron chi connectivity index (χ0n) is 13.7. The summed E-state index contributed by atoms with van der Waals surface area (Å²) in [6.07, 6.45) is -3.47. The first-order valence-electron chi connectivity index (χ1n) is 7.19. The lowest BCUT2D eigenvalue weighted by molar-refractivity contribution is -0.188. The highest BCUT2D eigenvalue weighted by Gasteiger charge is 2.52. The van der Waals surface area contributed by atoms with Crippen LogP contribution in [0.25, 0.3) is 0 Å². The molecule has 4 atom stereocenters. The van der Waals surface area contributed by atoms with E-state index in [1.807, 2.05) is 13.1 Å². The van der Waals surface area contributed by atoms with Crippen LogP contribution in [0, 0.1) is 0 Å². The van der Waals surface area contributed by atoms with Crippen molar-refractivity contribution in [1.82, 2.24) is 0 Å². The van der Waals surface area contributed by atoms with Crippen molar-refractivity contribution < 1.29 is 29.3 Å². The van der Waals surface area contributed by atoms with Gasteiger partial charge in [-0.1, -0.05) is 20.8 Å². The van der Waals surface area contributed by atoms with Crippen LogP contribution in [0.3, 0.4) is 0 Å². The Morgan fingerprint density at radius 3 is 2.19 bits per heavy atom. The molecule has 1 aliphatic rings. The van der Waals surface area contributed by atoms with Gasteiger partial charge in [0.2, 0.25) is 0 Å². The normalized spacial score (nSPS) is 34.6. The molecule has 21 heavy (non-hydrogen) atoms. The molecular formula is C14H28O6Si. The van der Waals surface area contributed by atoms with E-state index in [0.717, 1.165) is 0 Å². The van der Waals surface area contributed by atoms with Gasteiger partial charge in [0.05, 0.1) is 19.3 Å². The van der Waals surface area contributed by atoms with Crippen LogP contribution < -0.4 is 0 Å². The van der Waals surface area contributed by atoms with Crippen molar-refractivity contribution in [3.63, 3.8) is 0 Å². The van der Waals surface area contributed by atoms with Gasteiger partial charge in [0, 0.05) is 12.8 Å². The van der Waals surface area contributed by atoms with Gasteiger partial charge in [-0.25, -0.2) is 4.79 Å². The molecule has 6 nitrogen and oxygen atoms in total. The molecule has 1 aliphatic carbocycles. The highest BCUT2D eigenvalue weighted by atomic mass is 28.4. The van der Waals surface area contributed by atoms with Crippen molar-refractivity contribution in [1.29, 1.82) is 0 Å². The van der Waals surface area contributed by atoms with Gasteiger partial charge in [0.15, 0.2) is 13.9 Å². The molecule has 7 heteroatoms. The lowest BCUT2D eigenvalue weighted by atomic mass is 9.80. The molecule has 0 aromatic rings. The van der Waals surface area contributed by atoms with E-state index in [0.29, 0.717) is 0 Å². The number of ether oxygens (including phenoxy) is 1. The molecule has 0 saturated heterocycles. The summed E-state index contributed by atoms with van der Waals surface area (Å²) in [4.78, 5) is 11.7. The average Bonchev–Trinajstić information content (AvgIpc) is 2.32. The van der Waals surface area contributed by atoms with Gasteiger partial charge < -0.3 is 24.5 Å². The lowest BCUT2D eigenvalue weighted by Crippen LogP contribution is -2.60. The predicted molar refractivity (Wildman–Crippen MR) is 80.3 cm³/mol. The van der Waals surface area contributed by atoms with E-state index in [2.05, 4.69) is 25.5 Å². The Hall–Kier alpha value is -0.473. The minimum atomic E-state index is -2.21. The zero-order chi connectivity index (χ0) is 16.6. The van der Waals surface area contributed by atoms with Gasteiger partial charge in [-0.05, 0) is 18.1 Å². The largest absolute Gasteiger partial charge is 0.467 e. The molecule has 0 aliphatic heterocycles. The molecule has 1 rings (SSSR count). The monoisotopic (exact) mass is 320 g/mol. The predicted octanol–water partition coefficient (Wildman–Crippen LogP) is 0.796. The Morgan fingerprint density at radius 2 is 1.76 bits per heavy atom. The maximum Gasteiger partial charge on any atom is 0.338 e. The fraction of sp³-hybridized carbons (Fsp3) is 0.929. The van der Waals surface area contributed by atoms with Crippen molar-refractivity contribution in [2.75, 3.05) is 7.11 Å². The highest BCUT2D eigenvalue weighted by molar-refractivity contribution is 6.74. The smallest absolute Gasteiger partial charge is 0.338 e. The third kappa shape index (κ3) is 3.84. The van der Waals surface area contributed by atoms with E-state index in [4.69, 9.17) is 4.43 Å². The number of hydrogen-bond acceptors (Lipinski definition) is 6. The first-order valence-corrected chi connectivity index (χ1v) is 10.1. The minimum absolute atomic E-state index is 0.0790. The van der Waals surface area contributed by atoms with Crippen LogP contribution in [0.5, 0.6) is 0 Å². The van der Waals surface area contributed by atoms with Gasteiger partial charge in [-0.2, -0.15) is 0 Å². The number of carbonyl (C=O) groups is 1. The summed E-state index contributed by atoms with van der Waals surface area (Å²) in [5.41, 5.74) is -1.82. The minimum Gasteiger partial charge on any atom is -0.467 e. The van der Waals surface area contributed by atoms with Gasteiger partial charge >= 0.3 is 5.97 Å². The molecule has 1 fully saturated rings. The summed E-state index contributed by atoms with van der Waals surface area (Å²) in [6.45, 7) is 10.2. The van der Waals surface area contributed by atoms with Crippen LogP contribution in [0.2, 0.25) is 18.1 Å². The summed E-state index contributed by atoms with van der Waals surface area (Å²) in [7, 11) is -1.02. The van der Waals surface area contributed by atoms with Gasteiger partial charge in [0.1, 0.15) is 6.10 Å².